The highest BCUT2D eigenvalue weighted by molar-refractivity contribution is 6.01. The molecule has 12 heteroatoms. The van der Waals surface area contributed by atoms with Crippen LogP contribution in [-0.4, -0.2) is 50.8 Å². The van der Waals surface area contributed by atoms with E-state index in [4.69, 9.17) is 20.2 Å². The maximum Gasteiger partial charge on any atom is 0.407 e. The molecule has 2 aromatic heterocycles. The van der Waals surface area contributed by atoms with Gasteiger partial charge in [0.05, 0.1) is 35.1 Å². The van der Waals surface area contributed by atoms with Crippen molar-refractivity contribution in [3.8, 4) is 11.4 Å². The van der Waals surface area contributed by atoms with E-state index in [2.05, 4.69) is 10.6 Å². The fraction of sp³-hybridized carbons (Fsp3) is 0.500. The summed E-state index contributed by atoms with van der Waals surface area (Å²) in [4.78, 5) is 56.1. The summed E-state index contributed by atoms with van der Waals surface area (Å²) in [6, 6.07) is 4.74. The predicted molar refractivity (Wildman–Crippen MR) is 171 cm³/mol. The highest BCUT2D eigenvalue weighted by Gasteiger charge is 2.45. The molecule has 0 saturated carbocycles. The number of unbranched alkanes of at least 4 members (excludes halogenated alkanes) is 1. The van der Waals surface area contributed by atoms with Crippen molar-refractivity contribution in [2.45, 2.75) is 103 Å². The minimum absolute atomic E-state index is 0.0812. The van der Waals surface area contributed by atoms with Gasteiger partial charge in [-0.2, -0.15) is 0 Å². The quantitative estimate of drug-likeness (QED) is 0.167. The summed E-state index contributed by atoms with van der Waals surface area (Å²) >= 11 is 0. The molecule has 1 aliphatic carbocycles. The summed E-state index contributed by atoms with van der Waals surface area (Å²) < 4.78 is 12.1. The van der Waals surface area contributed by atoms with E-state index in [1.165, 1.54) is 0 Å². The number of nitrogens with zero attached hydrogens (tertiary/aromatic N) is 2. The van der Waals surface area contributed by atoms with Crippen LogP contribution < -0.4 is 21.9 Å². The van der Waals surface area contributed by atoms with Crippen LogP contribution in [-0.2, 0) is 50.7 Å². The summed E-state index contributed by atoms with van der Waals surface area (Å²) in [5.74, 6) is -1.03. The first-order valence-electron chi connectivity index (χ1n) is 16.0. The Morgan fingerprint density at radius 2 is 1.91 bits per heavy atom. The number of aryl methyl sites for hydroxylation is 2. The van der Waals surface area contributed by atoms with Gasteiger partial charge in [0.2, 0.25) is 5.91 Å². The van der Waals surface area contributed by atoms with Crippen molar-refractivity contribution < 1.29 is 29.0 Å². The Hall–Kier alpha value is -4.29. The van der Waals surface area contributed by atoms with E-state index in [0.717, 1.165) is 46.9 Å². The molecule has 2 amide bonds. The average molecular weight is 632 g/mol. The van der Waals surface area contributed by atoms with Gasteiger partial charge in [0.15, 0.2) is 5.60 Å². The van der Waals surface area contributed by atoms with Gasteiger partial charge in [0.25, 0.3) is 5.56 Å². The molecule has 0 unspecified atom stereocenters. The highest BCUT2D eigenvalue weighted by atomic mass is 16.6. The van der Waals surface area contributed by atoms with Crippen LogP contribution in [0.1, 0.15) is 87.6 Å². The molecule has 12 nitrogen and oxygen atoms in total. The van der Waals surface area contributed by atoms with Gasteiger partial charge in [-0.3, -0.25) is 9.59 Å². The number of aliphatic hydroxyl groups is 1. The Bertz CT molecular complexity index is 1830. The van der Waals surface area contributed by atoms with Gasteiger partial charge in [-0.25, -0.2) is 14.6 Å². The zero-order chi connectivity index (χ0) is 33.0. The number of aromatic nitrogens is 2. The molecule has 4 heterocycles. The lowest BCUT2D eigenvalue weighted by molar-refractivity contribution is -0.172. The number of amides is 2. The molecule has 1 aromatic carbocycles. The Balaban J connectivity index is 1.22. The Morgan fingerprint density at radius 1 is 1.15 bits per heavy atom. The largest absolute Gasteiger partial charge is 0.458 e. The molecule has 2 atom stereocenters. The number of pyridine rings is 2. The second-order valence-electron chi connectivity index (χ2n) is 13.4. The maximum absolute atomic E-state index is 13.6. The van der Waals surface area contributed by atoms with Gasteiger partial charge in [-0.15, -0.1) is 0 Å². The summed E-state index contributed by atoms with van der Waals surface area (Å²) in [5.41, 5.74) is 9.85. The van der Waals surface area contributed by atoms with Crippen LogP contribution in [0, 0.1) is 0 Å². The number of carbonyl (C=O) groups excluding carboxylic acids is 3. The molecule has 0 radical (unpaired) electrons. The molecule has 5 N–H and O–H groups in total. The van der Waals surface area contributed by atoms with E-state index in [1.54, 1.807) is 38.3 Å². The lowest BCUT2D eigenvalue weighted by Gasteiger charge is -2.31. The Morgan fingerprint density at radius 3 is 2.65 bits per heavy atom. The van der Waals surface area contributed by atoms with Gasteiger partial charge >= 0.3 is 12.1 Å². The molecule has 2 aliphatic heterocycles. The van der Waals surface area contributed by atoms with E-state index in [1.807, 2.05) is 12.1 Å². The lowest BCUT2D eigenvalue weighted by atomic mass is 9.85. The molecule has 0 bridgehead atoms. The summed E-state index contributed by atoms with van der Waals surface area (Å²) in [6.45, 7) is 7.69. The van der Waals surface area contributed by atoms with Gasteiger partial charge in [-0.05, 0) is 95.0 Å². The molecule has 0 fully saturated rings. The van der Waals surface area contributed by atoms with E-state index >= 15 is 0 Å². The summed E-state index contributed by atoms with van der Waals surface area (Å²) in [6.07, 6.45) is 3.82. The van der Waals surface area contributed by atoms with E-state index < -0.39 is 29.3 Å². The third-order valence-electron chi connectivity index (χ3n) is 9.14. The van der Waals surface area contributed by atoms with Crippen LogP contribution in [0.4, 0.5) is 10.5 Å². The number of nitrogens with two attached hydrogens (primary N) is 1. The van der Waals surface area contributed by atoms with Crippen molar-refractivity contribution in [1.82, 2.24) is 14.9 Å². The van der Waals surface area contributed by atoms with Gasteiger partial charge < -0.3 is 35.5 Å². The van der Waals surface area contributed by atoms with Crippen molar-refractivity contribution >= 4 is 34.6 Å². The van der Waals surface area contributed by atoms with Crippen LogP contribution in [0.15, 0.2) is 23.0 Å². The topological polar surface area (TPSA) is 175 Å². The third-order valence-corrected chi connectivity index (χ3v) is 9.14. The molecule has 6 rings (SSSR count). The normalized spacial score (nSPS) is 18.7. The molecule has 0 spiro atoms. The first kappa shape index (κ1) is 31.7. The number of nitrogens with one attached hydrogen (secondary N) is 2. The van der Waals surface area contributed by atoms with Crippen molar-refractivity contribution in [1.29, 1.82) is 0 Å². The molecular formula is C34H41N5O7. The fourth-order valence-corrected chi connectivity index (χ4v) is 6.79. The van der Waals surface area contributed by atoms with Crippen LogP contribution >= 0.6 is 0 Å². The number of anilines is 1. The van der Waals surface area contributed by atoms with Crippen molar-refractivity contribution in [2.24, 2.45) is 5.73 Å². The predicted octanol–water partition coefficient (Wildman–Crippen LogP) is 3.53. The number of fused-ring (bicyclic) bond motifs is 5. The maximum atomic E-state index is 13.6. The Labute approximate surface area is 266 Å². The van der Waals surface area contributed by atoms with Crippen LogP contribution in [0.2, 0.25) is 0 Å². The number of ether oxygens (including phenoxy) is 2. The Kier molecular flexibility index (Phi) is 8.14. The van der Waals surface area contributed by atoms with E-state index in [-0.39, 0.29) is 24.5 Å². The number of hydrogen-bond donors (Lipinski definition) is 4. The molecule has 46 heavy (non-hydrogen) atoms. The van der Waals surface area contributed by atoms with Gasteiger partial charge in [-0.1, -0.05) is 6.92 Å². The van der Waals surface area contributed by atoms with Gasteiger partial charge in [0.1, 0.15) is 12.2 Å². The minimum Gasteiger partial charge on any atom is -0.458 e. The third kappa shape index (κ3) is 5.53. The molecule has 3 aliphatic rings. The zero-order valence-corrected chi connectivity index (χ0v) is 26.7. The van der Waals surface area contributed by atoms with Crippen LogP contribution in [0.25, 0.3) is 22.3 Å². The number of carbonyl (C=O) groups is 3. The fourth-order valence-electron chi connectivity index (χ4n) is 6.79. The monoisotopic (exact) mass is 631 g/mol. The molecule has 244 valence electrons. The minimum atomic E-state index is -1.88. The van der Waals surface area contributed by atoms with Crippen molar-refractivity contribution in [2.75, 3.05) is 11.9 Å². The molecule has 3 aromatic rings. The van der Waals surface area contributed by atoms with E-state index in [0.29, 0.717) is 60.6 Å². The number of rotatable bonds is 8. The number of cyclic esters (lactones) is 1. The molecule has 0 saturated heterocycles. The van der Waals surface area contributed by atoms with Gasteiger partial charge in [0, 0.05) is 28.7 Å². The lowest BCUT2D eigenvalue weighted by Crippen LogP contribution is -2.44. The average Bonchev–Trinajstić information content (AvgIpc) is 3.38. The summed E-state index contributed by atoms with van der Waals surface area (Å²) in [7, 11) is 0. The van der Waals surface area contributed by atoms with Crippen LogP contribution in [0.3, 0.4) is 0 Å². The second-order valence-corrected chi connectivity index (χ2v) is 13.4. The SMILES string of the molecule is CC[C@@]1(O)C(=O)OCc2c1cc1n(c2=O)Cc2c-1nc1ccc(NC(=O)[C@@H](N)CCCCNC(=O)OC(C)(C)C)c3c1c2CCC3. The molecular weight excluding hydrogens is 590 g/mol. The van der Waals surface area contributed by atoms with Crippen molar-refractivity contribution in [3.05, 3.63) is 56.4 Å². The smallest absolute Gasteiger partial charge is 0.407 e. The standard InChI is InChI=1S/C34H41N5O7/c1-5-34(44)22-15-26-28-20(16-39(26)30(41)21(22)17-45-31(34)42)18-9-8-10-19-24(12-13-25(37-28)27(18)19)38-29(40)23(35)11-6-7-14-36-32(43)46-33(2,3)4/h12-13,15,23,44H,5-11,14,16-17,35H2,1-4H3,(H,36,43)(H,38,40)/t23-,34-/m0/s1. The van der Waals surface area contributed by atoms with Crippen LogP contribution in [0.5, 0.6) is 0 Å². The number of hydrogen-bond acceptors (Lipinski definition) is 9. The first-order valence-corrected chi connectivity index (χ1v) is 16.0. The van der Waals surface area contributed by atoms with E-state index in [9.17, 15) is 24.3 Å². The number of esters is 1. The first-order chi connectivity index (χ1) is 21.8. The highest BCUT2D eigenvalue weighted by Crippen LogP contribution is 2.43. The van der Waals surface area contributed by atoms with Crippen molar-refractivity contribution in [3.63, 3.8) is 0 Å². The number of benzene rings is 1. The zero-order valence-electron chi connectivity index (χ0n) is 26.7. The number of alkyl carbamates (subject to hydrolysis) is 1. The summed E-state index contributed by atoms with van der Waals surface area (Å²) in [5, 5.41) is 17.9. The second kappa shape index (κ2) is 11.8.